The highest BCUT2D eigenvalue weighted by Crippen LogP contribution is 2.29. The maximum atomic E-state index is 9.00. The van der Waals surface area contributed by atoms with Crippen LogP contribution in [0.4, 0.5) is 0 Å². The molecule has 0 fully saturated rings. The molecular formula is C15H18O. The highest BCUT2D eigenvalue weighted by atomic mass is 16.2. The van der Waals surface area contributed by atoms with E-state index in [2.05, 4.69) is 50.2 Å². The van der Waals surface area contributed by atoms with E-state index in [9.17, 15) is 0 Å². The van der Waals surface area contributed by atoms with Gasteiger partial charge in [0.15, 0.2) is 0 Å². The number of rotatable bonds is 3. The van der Waals surface area contributed by atoms with Crippen LogP contribution in [0.3, 0.4) is 0 Å². The molecule has 0 aromatic rings. The zero-order valence-electron chi connectivity index (χ0n) is 9.90. The highest BCUT2D eigenvalue weighted by Gasteiger charge is 2.08. The molecule has 1 N–H and O–H groups in total. The maximum Gasteiger partial charge on any atom is 0.0471 e. The predicted octanol–water partition coefficient (Wildman–Crippen LogP) is 3.45. The minimum absolute atomic E-state index is 0.217. The lowest BCUT2D eigenvalue weighted by Gasteiger charge is -2.02. The highest BCUT2D eigenvalue weighted by molar-refractivity contribution is 5.71. The van der Waals surface area contributed by atoms with Crippen molar-refractivity contribution in [2.75, 3.05) is 6.61 Å². The van der Waals surface area contributed by atoms with Crippen LogP contribution in [0, 0.1) is 0 Å². The Kier molecular flexibility index (Phi) is 3.25. The Morgan fingerprint density at radius 3 is 2.62 bits per heavy atom. The average Bonchev–Trinajstić information content (AvgIpc) is 2.50. The van der Waals surface area contributed by atoms with Crippen molar-refractivity contribution in [3.05, 3.63) is 47.5 Å². The molecule has 0 bridgehead atoms. The molecule has 0 amide bonds. The molecule has 2 aliphatic carbocycles. The van der Waals surface area contributed by atoms with Gasteiger partial charge in [0, 0.05) is 6.61 Å². The van der Waals surface area contributed by atoms with Gasteiger partial charge < -0.3 is 5.11 Å². The van der Waals surface area contributed by atoms with Crippen molar-refractivity contribution in [1.82, 2.24) is 0 Å². The molecule has 1 heteroatoms. The van der Waals surface area contributed by atoms with Gasteiger partial charge in [-0.3, -0.25) is 0 Å². The number of aliphatic hydroxyl groups is 1. The molecule has 0 aromatic carbocycles. The quantitative estimate of drug-likeness (QED) is 0.829. The van der Waals surface area contributed by atoms with Crippen molar-refractivity contribution in [2.45, 2.75) is 26.2 Å². The Morgan fingerprint density at radius 1 is 1.12 bits per heavy atom. The molecule has 16 heavy (non-hydrogen) atoms. The van der Waals surface area contributed by atoms with E-state index in [1.165, 1.54) is 22.3 Å². The lowest BCUT2D eigenvalue weighted by Crippen LogP contribution is -1.89. The van der Waals surface area contributed by atoms with Crippen LogP contribution in [0.2, 0.25) is 0 Å². The number of fused-ring (bicyclic) bond motifs is 1. The summed E-state index contributed by atoms with van der Waals surface area (Å²) in [6, 6.07) is 12.9. The van der Waals surface area contributed by atoms with E-state index in [1.807, 2.05) is 0 Å². The van der Waals surface area contributed by atoms with Crippen LogP contribution in [0.1, 0.15) is 30.9 Å². The molecule has 0 radical (unpaired) electrons. The van der Waals surface area contributed by atoms with Crippen LogP contribution in [-0.2, 0) is 6.42 Å². The van der Waals surface area contributed by atoms with Crippen molar-refractivity contribution >= 4 is 0 Å². The first-order valence-electron chi connectivity index (χ1n) is 5.85. The summed E-state index contributed by atoms with van der Waals surface area (Å²) < 4.78 is 0. The van der Waals surface area contributed by atoms with E-state index in [1.54, 1.807) is 0 Å². The molecule has 84 valence electrons. The van der Waals surface area contributed by atoms with Gasteiger partial charge in [-0.15, -0.1) is 0 Å². The van der Waals surface area contributed by atoms with Crippen molar-refractivity contribution < 1.29 is 5.11 Å². The summed E-state index contributed by atoms with van der Waals surface area (Å²) in [5.74, 6) is 0.548. The Morgan fingerprint density at radius 2 is 1.94 bits per heavy atom. The van der Waals surface area contributed by atoms with E-state index in [-0.39, 0.29) is 6.61 Å². The van der Waals surface area contributed by atoms with Crippen LogP contribution in [0.25, 0.3) is 11.1 Å². The second-order valence-corrected chi connectivity index (χ2v) is 4.53. The van der Waals surface area contributed by atoms with E-state index in [4.69, 9.17) is 5.11 Å². The number of hydrogen-bond donors (Lipinski definition) is 1. The molecule has 0 saturated carbocycles. The average molecular weight is 214 g/mol. The van der Waals surface area contributed by atoms with Gasteiger partial charge in [0.1, 0.15) is 0 Å². The minimum Gasteiger partial charge on any atom is -0.396 e. The fourth-order valence-corrected chi connectivity index (χ4v) is 2.07. The molecule has 0 saturated heterocycles. The lowest BCUT2D eigenvalue weighted by atomic mass is 10.0. The summed E-state index contributed by atoms with van der Waals surface area (Å²) in [5, 5.41) is 9.00. The van der Waals surface area contributed by atoms with Gasteiger partial charge in [-0.25, -0.2) is 0 Å². The summed E-state index contributed by atoms with van der Waals surface area (Å²) in [6.07, 6.45) is 0.741. The molecular weight excluding hydrogens is 196 g/mol. The van der Waals surface area contributed by atoms with Crippen molar-refractivity contribution in [1.29, 1.82) is 0 Å². The zero-order chi connectivity index (χ0) is 11.5. The van der Waals surface area contributed by atoms with Gasteiger partial charge in [0.25, 0.3) is 0 Å². The van der Waals surface area contributed by atoms with E-state index in [0.29, 0.717) is 5.92 Å². The summed E-state index contributed by atoms with van der Waals surface area (Å²) >= 11 is 0. The standard InChI is InChI=1S/C15H18O/c1-11(2)13-4-3-5-15-12(8-9-16)6-7-14(15)10-13/h3-7,10-11,16H,8-9H2,1-2H3. The summed E-state index contributed by atoms with van der Waals surface area (Å²) in [6.45, 7) is 4.63. The fraction of sp³-hybridized carbons (Fsp3) is 0.333. The summed E-state index contributed by atoms with van der Waals surface area (Å²) in [4.78, 5) is 0. The fourth-order valence-electron chi connectivity index (χ4n) is 2.07. The summed E-state index contributed by atoms with van der Waals surface area (Å²) in [5.41, 5.74) is 5.14. The first-order valence-corrected chi connectivity index (χ1v) is 5.85. The first-order chi connectivity index (χ1) is 7.72. The molecule has 0 atom stereocenters. The molecule has 0 aliphatic heterocycles. The molecule has 2 rings (SSSR count). The second-order valence-electron chi connectivity index (χ2n) is 4.53. The van der Waals surface area contributed by atoms with Crippen LogP contribution >= 0.6 is 0 Å². The smallest absolute Gasteiger partial charge is 0.0471 e. The molecule has 0 heterocycles. The minimum atomic E-state index is 0.217. The van der Waals surface area contributed by atoms with Gasteiger partial charge in [-0.05, 0) is 34.6 Å². The van der Waals surface area contributed by atoms with E-state index in [0.717, 1.165) is 6.42 Å². The van der Waals surface area contributed by atoms with Crippen molar-refractivity contribution in [3.63, 3.8) is 0 Å². The second kappa shape index (κ2) is 4.67. The third kappa shape index (κ3) is 2.10. The van der Waals surface area contributed by atoms with Crippen LogP contribution in [0.5, 0.6) is 0 Å². The maximum absolute atomic E-state index is 9.00. The van der Waals surface area contributed by atoms with Gasteiger partial charge in [0.05, 0.1) is 0 Å². The zero-order valence-corrected chi connectivity index (χ0v) is 9.90. The Labute approximate surface area is 97.1 Å². The molecule has 0 aromatic heterocycles. The van der Waals surface area contributed by atoms with Gasteiger partial charge in [-0.2, -0.15) is 0 Å². The monoisotopic (exact) mass is 214 g/mol. The largest absolute Gasteiger partial charge is 0.396 e. The third-order valence-electron chi connectivity index (χ3n) is 3.04. The van der Waals surface area contributed by atoms with Gasteiger partial charge in [0.2, 0.25) is 0 Å². The van der Waals surface area contributed by atoms with E-state index >= 15 is 0 Å². The van der Waals surface area contributed by atoms with Crippen LogP contribution in [0.15, 0.2) is 36.4 Å². The van der Waals surface area contributed by atoms with Gasteiger partial charge in [-0.1, -0.05) is 50.2 Å². The van der Waals surface area contributed by atoms with Gasteiger partial charge >= 0.3 is 0 Å². The molecule has 2 aliphatic rings. The Balaban J connectivity index is 2.46. The first kappa shape index (κ1) is 11.2. The van der Waals surface area contributed by atoms with Crippen molar-refractivity contribution in [3.8, 4) is 11.1 Å². The van der Waals surface area contributed by atoms with E-state index < -0.39 is 0 Å². The molecule has 0 spiro atoms. The lowest BCUT2D eigenvalue weighted by molar-refractivity contribution is 0.300. The topological polar surface area (TPSA) is 20.2 Å². The van der Waals surface area contributed by atoms with Crippen LogP contribution in [-0.4, -0.2) is 11.7 Å². The number of hydrogen-bond acceptors (Lipinski definition) is 1. The SMILES string of the molecule is CC(C)c1cccc2c(CCO)ccc-2c1. The number of aliphatic hydroxyl groups excluding tert-OH is 1. The Bertz CT molecular complexity index is 445. The Hall–Kier alpha value is -1.34. The normalized spacial score (nSPS) is 11.2. The molecule has 0 unspecified atom stereocenters. The third-order valence-corrected chi connectivity index (χ3v) is 3.04. The van der Waals surface area contributed by atoms with Crippen LogP contribution < -0.4 is 0 Å². The molecule has 1 nitrogen and oxygen atoms in total. The summed E-state index contributed by atoms with van der Waals surface area (Å²) in [7, 11) is 0. The van der Waals surface area contributed by atoms with Crippen molar-refractivity contribution in [2.24, 2.45) is 0 Å². The predicted molar refractivity (Wildman–Crippen MR) is 67.9 cm³/mol.